The molecule has 0 aliphatic carbocycles. The van der Waals surface area contributed by atoms with Crippen LogP contribution in [0.3, 0.4) is 0 Å². The zero-order chi connectivity index (χ0) is 10.9. The molecule has 0 aliphatic rings. The first-order valence-electron chi connectivity index (χ1n) is 3.75. The predicted octanol–water partition coefficient (Wildman–Crippen LogP) is 2.69. The minimum absolute atomic E-state index is 0.168. The first-order valence-corrected chi connectivity index (χ1v) is 3.75. The summed E-state index contributed by atoms with van der Waals surface area (Å²) in [6.07, 6.45) is -3.68. The van der Waals surface area contributed by atoms with Gasteiger partial charge in [0.2, 0.25) is 0 Å². The summed E-state index contributed by atoms with van der Waals surface area (Å²) >= 11 is 0. The Morgan fingerprint density at radius 1 is 1.57 bits per heavy atom. The molecule has 2 nitrogen and oxygen atoms in total. The molecule has 0 saturated heterocycles. The molecule has 78 valence electrons. The molecule has 0 fully saturated rings. The monoisotopic (exact) mass is 208 g/mol. The van der Waals surface area contributed by atoms with Gasteiger partial charge in [0.05, 0.1) is 17.8 Å². The van der Waals surface area contributed by atoms with Crippen molar-refractivity contribution in [1.82, 2.24) is 9.78 Å². The molecule has 0 spiro atoms. The lowest BCUT2D eigenvalue weighted by molar-refractivity contribution is -0.138. The molecule has 0 N–H and O–H groups in total. The van der Waals surface area contributed by atoms with E-state index in [1.54, 1.807) is 0 Å². The molecule has 0 atom stereocenters. The molecule has 6 heteroatoms. The molecule has 14 heavy (non-hydrogen) atoms. The molecule has 1 rings (SSSR count). The van der Waals surface area contributed by atoms with E-state index in [0.717, 1.165) is 10.9 Å². The fraction of sp³-hybridized carbons (Fsp3) is 0.375. The van der Waals surface area contributed by atoms with E-state index in [0.29, 0.717) is 0 Å². The zero-order valence-electron chi connectivity index (χ0n) is 7.40. The molecule has 0 aromatic carbocycles. The maximum absolute atomic E-state index is 12.3. The van der Waals surface area contributed by atoms with Crippen LogP contribution in [0.2, 0.25) is 0 Å². The number of hydrogen-bond acceptors (Lipinski definition) is 1. The Morgan fingerprint density at radius 3 is 2.50 bits per heavy atom. The van der Waals surface area contributed by atoms with Crippen molar-refractivity contribution in [3.63, 3.8) is 0 Å². The Bertz CT molecular complexity index is 351. The van der Waals surface area contributed by atoms with E-state index in [-0.39, 0.29) is 12.2 Å². The summed E-state index contributed by atoms with van der Waals surface area (Å²) in [5.41, 5.74) is -1.02. The number of aromatic nitrogens is 2. The van der Waals surface area contributed by atoms with Crippen LogP contribution in [0.1, 0.15) is 11.3 Å². The third kappa shape index (κ3) is 2.34. The van der Waals surface area contributed by atoms with Gasteiger partial charge in [-0.05, 0) is 6.92 Å². The second kappa shape index (κ2) is 3.43. The Labute approximate surface area is 77.8 Å². The second-order valence-electron chi connectivity index (χ2n) is 2.84. The second-order valence-corrected chi connectivity index (χ2v) is 2.84. The highest BCUT2D eigenvalue weighted by Gasteiger charge is 2.34. The van der Waals surface area contributed by atoms with Gasteiger partial charge in [0.1, 0.15) is 5.83 Å². The highest BCUT2D eigenvalue weighted by molar-refractivity contribution is 5.19. The van der Waals surface area contributed by atoms with Crippen LogP contribution in [0.15, 0.2) is 18.6 Å². The smallest absolute Gasteiger partial charge is 0.265 e. The van der Waals surface area contributed by atoms with Crippen molar-refractivity contribution < 1.29 is 17.6 Å². The molecule has 0 aliphatic heterocycles. The maximum atomic E-state index is 12.3. The fourth-order valence-corrected chi connectivity index (χ4v) is 1.05. The molecule has 1 aromatic rings. The van der Waals surface area contributed by atoms with E-state index in [9.17, 15) is 17.6 Å². The number of aryl methyl sites for hydroxylation is 1. The van der Waals surface area contributed by atoms with E-state index in [2.05, 4.69) is 11.7 Å². The summed E-state index contributed by atoms with van der Waals surface area (Å²) in [4.78, 5) is 0. The summed E-state index contributed by atoms with van der Waals surface area (Å²) in [5, 5.41) is 3.51. The van der Waals surface area contributed by atoms with E-state index in [1.165, 1.54) is 6.92 Å². The standard InChI is InChI=1S/C8H8F4N2/c1-5(9)3-14-4-7(6(2)13-14)8(10,11)12/h4H,1,3H2,2H3. The van der Waals surface area contributed by atoms with Crippen molar-refractivity contribution in [2.45, 2.75) is 19.6 Å². The molecule has 1 heterocycles. The SMILES string of the molecule is C=C(F)Cn1cc(C(F)(F)F)c(C)n1. The molecular formula is C8H8F4N2. The molecule has 0 saturated carbocycles. The van der Waals surface area contributed by atoms with Gasteiger partial charge in [0.25, 0.3) is 0 Å². The molecule has 0 amide bonds. The number of halogens is 4. The van der Waals surface area contributed by atoms with Gasteiger partial charge >= 0.3 is 6.18 Å². The van der Waals surface area contributed by atoms with Gasteiger partial charge in [-0.15, -0.1) is 0 Å². The van der Waals surface area contributed by atoms with Crippen molar-refractivity contribution in [1.29, 1.82) is 0 Å². The zero-order valence-corrected chi connectivity index (χ0v) is 7.40. The quantitative estimate of drug-likeness (QED) is 0.683. The van der Waals surface area contributed by atoms with Crippen LogP contribution in [0.4, 0.5) is 17.6 Å². The van der Waals surface area contributed by atoms with Crippen molar-refractivity contribution in [2.75, 3.05) is 0 Å². The molecule has 0 radical (unpaired) electrons. The van der Waals surface area contributed by atoms with E-state index >= 15 is 0 Å². The maximum Gasteiger partial charge on any atom is 0.419 e. The minimum atomic E-state index is -4.44. The number of hydrogen-bond donors (Lipinski definition) is 0. The Kier molecular flexibility index (Phi) is 2.64. The van der Waals surface area contributed by atoms with Crippen molar-refractivity contribution in [3.05, 3.63) is 29.9 Å². The fourth-order valence-electron chi connectivity index (χ4n) is 1.05. The van der Waals surface area contributed by atoms with Gasteiger partial charge in [-0.2, -0.15) is 18.3 Å². The first-order chi connectivity index (χ1) is 6.30. The summed E-state index contributed by atoms with van der Waals surface area (Å²) in [5.74, 6) is -0.735. The van der Waals surface area contributed by atoms with Crippen LogP contribution >= 0.6 is 0 Å². The molecule has 0 bridgehead atoms. The van der Waals surface area contributed by atoms with Crippen molar-refractivity contribution in [3.8, 4) is 0 Å². The van der Waals surface area contributed by atoms with Gasteiger partial charge in [0, 0.05) is 6.20 Å². The lowest BCUT2D eigenvalue weighted by atomic mass is 10.2. The average molecular weight is 208 g/mol. The normalized spacial score (nSPS) is 11.8. The van der Waals surface area contributed by atoms with Crippen LogP contribution in [0.25, 0.3) is 0 Å². The predicted molar refractivity (Wildman–Crippen MR) is 42.2 cm³/mol. The lowest BCUT2D eigenvalue weighted by Crippen LogP contribution is -2.05. The number of allylic oxidation sites excluding steroid dienone is 1. The summed E-state index contributed by atoms with van der Waals surface area (Å²) < 4.78 is 49.9. The Morgan fingerprint density at radius 2 is 2.14 bits per heavy atom. The van der Waals surface area contributed by atoms with Crippen LogP contribution in [0.5, 0.6) is 0 Å². The third-order valence-corrected chi connectivity index (χ3v) is 1.59. The molecular weight excluding hydrogens is 200 g/mol. The van der Waals surface area contributed by atoms with E-state index < -0.39 is 17.6 Å². The Balaban J connectivity index is 2.99. The third-order valence-electron chi connectivity index (χ3n) is 1.59. The summed E-state index contributed by atoms with van der Waals surface area (Å²) in [7, 11) is 0. The van der Waals surface area contributed by atoms with Crippen LogP contribution in [-0.2, 0) is 12.7 Å². The highest BCUT2D eigenvalue weighted by atomic mass is 19.4. The van der Waals surface area contributed by atoms with Gasteiger partial charge < -0.3 is 0 Å². The van der Waals surface area contributed by atoms with Gasteiger partial charge in [-0.3, -0.25) is 4.68 Å². The van der Waals surface area contributed by atoms with Crippen molar-refractivity contribution in [2.24, 2.45) is 0 Å². The van der Waals surface area contributed by atoms with Crippen LogP contribution in [0, 0.1) is 6.92 Å². The van der Waals surface area contributed by atoms with Crippen LogP contribution in [-0.4, -0.2) is 9.78 Å². The molecule has 1 aromatic heterocycles. The van der Waals surface area contributed by atoms with E-state index in [4.69, 9.17) is 0 Å². The van der Waals surface area contributed by atoms with Crippen molar-refractivity contribution >= 4 is 0 Å². The van der Waals surface area contributed by atoms with Crippen LogP contribution < -0.4 is 0 Å². The largest absolute Gasteiger partial charge is 0.419 e. The topological polar surface area (TPSA) is 17.8 Å². The summed E-state index contributed by atoms with van der Waals surface area (Å²) in [6.45, 7) is 3.82. The van der Waals surface area contributed by atoms with Gasteiger partial charge in [-0.1, -0.05) is 6.58 Å². The van der Waals surface area contributed by atoms with Gasteiger partial charge in [-0.25, -0.2) is 4.39 Å². The number of nitrogens with zero attached hydrogens (tertiary/aromatic N) is 2. The average Bonchev–Trinajstić information content (AvgIpc) is 2.27. The number of rotatable bonds is 2. The minimum Gasteiger partial charge on any atom is -0.265 e. The van der Waals surface area contributed by atoms with Gasteiger partial charge in [0.15, 0.2) is 0 Å². The highest BCUT2D eigenvalue weighted by Crippen LogP contribution is 2.31. The van der Waals surface area contributed by atoms with E-state index in [1.807, 2.05) is 0 Å². The molecule has 0 unspecified atom stereocenters. The summed E-state index contributed by atoms with van der Waals surface area (Å²) in [6, 6.07) is 0. The number of alkyl halides is 3. The first kappa shape index (κ1) is 10.7. The Hall–Kier alpha value is -1.33. The lowest BCUT2D eigenvalue weighted by Gasteiger charge is -2.02.